The molecule has 0 aromatic heterocycles. The first-order valence-electron chi connectivity index (χ1n) is 16.8. The van der Waals surface area contributed by atoms with E-state index in [4.69, 9.17) is 28.4 Å². The molecule has 51 heavy (non-hydrogen) atoms. The van der Waals surface area contributed by atoms with Crippen LogP contribution < -0.4 is 0 Å². The lowest BCUT2D eigenvalue weighted by Crippen LogP contribution is -2.79. The number of carbonyl (C=O) groups is 4. The van der Waals surface area contributed by atoms with Gasteiger partial charge in [0.15, 0.2) is 11.5 Å². The summed E-state index contributed by atoms with van der Waals surface area (Å²) in [4.78, 5) is 54.7. The molecule has 0 radical (unpaired) electrons. The highest BCUT2D eigenvalue weighted by atomic mass is 16.7. The van der Waals surface area contributed by atoms with Crippen LogP contribution >= 0.6 is 0 Å². The van der Waals surface area contributed by atoms with Crippen LogP contribution in [-0.4, -0.2) is 146 Å². The van der Waals surface area contributed by atoms with E-state index in [2.05, 4.69) is 0 Å². The summed E-state index contributed by atoms with van der Waals surface area (Å²) in [7, 11) is 1.04. The predicted octanol–water partition coefficient (Wildman–Crippen LogP) is -2.47. The molecule has 1 spiro atoms. The number of aliphatic hydroxyl groups is 7. The van der Waals surface area contributed by atoms with Crippen molar-refractivity contribution in [3.05, 3.63) is 23.0 Å². The van der Waals surface area contributed by atoms with Gasteiger partial charge in [-0.05, 0) is 56.6 Å². The van der Waals surface area contributed by atoms with Crippen molar-refractivity contribution in [3.8, 4) is 0 Å². The molecular formula is C34H46O17. The van der Waals surface area contributed by atoms with Crippen LogP contribution in [0.25, 0.3) is 0 Å². The Morgan fingerprint density at radius 3 is 2.31 bits per heavy atom. The summed E-state index contributed by atoms with van der Waals surface area (Å²) in [5, 5.41) is 74.9. The summed E-state index contributed by atoms with van der Waals surface area (Å²) in [5.74, 6) is -7.35. The third-order valence-electron chi connectivity index (χ3n) is 12.4. The maximum Gasteiger partial charge on any atom is 0.348 e. The molecule has 6 rings (SSSR count). The van der Waals surface area contributed by atoms with Crippen molar-refractivity contribution < 1.29 is 83.3 Å². The van der Waals surface area contributed by atoms with Crippen molar-refractivity contribution in [2.24, 2.45) is 28.6 Å². The lowest BCUT2D eigenvalue weighted by Gasteiger charge is -2.67. The molecule has 15 atom stereocenters. The smallest absolute Gasteiger partial charge is 0.348 e. The molecule has 0 aromatic rings. The summed E-state index contributed by atoms with van der Waals surface area (Å²) in [5.41, 5.74) is -6.03. The number of hydrogen-bond donors (Lipinski definition) is 7. The number of rotatable bonds is 7. The van der Waals surface area contributed by atoms with Gasteiger partial charge in [0.2, 0.25) is 18.0 Å². The molecule has 17 nitrogen and oxygen atoms in total. The number of hydrogen-bond acceptors (Lipinski definition) is 17. The minimum atomic E-state index is -2.38. The molecular weight excluding hydrogens is 680 g/mol. The second-order valence-electron chi connectivity index (χ2n) is 15.5. The van der Waals surface area contributed by atoms with Crippen molar-refractivity contribution in [2.75, 3.05) is 20.3 Å². The molecule has 3 saturated heterocycles. The SMILES string of the molecule is COC(=O)[C@]12OC[C@]34[C@H]([C@@H](O)[C@@H]1O)[C@@]1(C)CC(=O)C(O[C@@H]5O[C@H](CO)[C@@H](O)[C@H](O)[C@H]5O)=C(C)[C@@H]1C[C@H]3OC(=O)[C@H](OC(=O)/C=C(/C)C(C)(C)O)[C@@H]24. The molecule has 0 unspecified atom stereocenters. The van der Waals surface area contributed by atoms with E-state index in [9.17, 15) is 54.9 Å². The molecule has 284 valence electrons. The van der Waals surface area contributed by atoms with Crippen molar-refractivity contribution in [1.82, 2.24) is 0 Å². The van der Waals surface area contributed by atoms with Crippen molar-refractivity contribution in [2.45, 2.75) is 114 Å². The second-order valence-corrected chi connectivity index (χ2v) is 15.5. The van der Waals surface area contributed by atoms with E-state index in [1.54, 1.807) is 13.8 Å². The Balaban J connectivity index is 1.43. The minimum Gasteiger partial charge on any atom is -0.467 e. The molecule has 5 fully saturated rings. The Labute approximate surface area is 292 Å². The maximum atomic E-state index is 14.0. The Bertz CT molecular complexity index is 1550. The Kier molecular flexibility index (Phi) is 9.29. The summed E-state index contributed by atoms with van der Waals surface area (Å²) >= 11 is 0. The molecule has 0 amide bonds. The average molecular weight is 727 g/mol. The molecule has 3 aliphatic carbocycles. The van der Waals surface area contributed by atoms with Gasteiger partial charge in [0.05, 0.1) is 37.9 Å². The van der Waals surface area contributed by atoms with Gasteiger partial charge in [-0.1, -0.05) is 6.92 Å². The second kappa shape index (κ2) is 12.6. The van der Waals surface area contributed by atoms with Gasteiger partial charge in [0.1, 0.15) is 36.6 Å². The average Bonchev–Trinajstić information content (AvgIpc) is 3.36. The number of methoxy groups -OCH3 is 1. The third kappa shape index (κ3) is 5.22. The highest BCUT2D eigenvalue weighted by molar-refractivity contribution is 5.96. The summed E-state index contributed by atoms with van der Waals surface area (Å²) in [6, 6.07) is 0. The van der Waals surface area contributed by atoms with Gasteiger partial charge >= 0.3 is 17.9 Å². The van der Waals surface area contributed by atoms with Gasteiger partial charge in [0.25, 0.3) is 0 Å². The van der Waals surface area contributed by atoms with E-state index in [-0.39, 0.29) is 30.8 Å². The normalized spacial score (nSPS) is 46.5. The van der Waals surface area contributed by atoms with Crippen LogP contribution in [0.2, 0.25) is 0 Å². The van der Waals surface area contributed by atoms with Crippen LogP contribution in [0.15, 0.2) is 23.0 Å². The third-order valence-corrected chi connectivity index (χ3v) is 12.4. The van der Waals surface area contributed by atoms with Crippen LogP contribution in [0.1, 0.15) is 47.5 Å². The quantitative estimate of drug-likeness (QED) is 0.0814. The molecule has 3 aliphatic heterocycles. The zero-order valence-corrected chi connectivity index (χ0v) is 29.0. The first-order chi connectivity index (χ1) is 23.7. The Hall–Kier alpha value is -3.00. The zero-order chi connectivity index (χ0) is 37.7. The van der Waals surface area contributed by atoms with Crippen LogP contribution in [0.3, 0.4) is 0 Å². The summed E-state index contributed by atoms with van der Waals surface area (Å²) in [6.45, 7) is 6.55. The highest BCUT2D eigenvalue weighted by Gasteiger charge is 2.85. The van der Waals surface area contributed by atoms with Crippen LogP contribution in [0.4, 0.5) is 0 Å². The van der Waals surface area contributed by atoms with E-state index in [1.165, 1.54) is 20.8 Å². The zero-order valence-electron chi connectivity index (χ0n) is 29.0. The van der Waals surface area contributed by atoms with E-state index >= 15 is 0 Å². The lowest BCUT2D eigenvalue weighted by atomic mass is 9.38. The molecule has 0 aromatic carbocycles. The van der Waals surface area contributed by atoms with Crippen LogP contribution in [0.5, 0.6) is 0 Å². The molecule has 3 heterocycles. The van der Waals surface area contributed by atoms with E-state index < -0.39 is 125 Å². The van der Waals surface area contributed by atoms with Crippen molar-refractivity contribution in [1.29, 1.82) is 0 Å². The minimum absolute atomic E-state index is 0.00228. The molecule has 2 saturated carbocycles. The lowest BCUT2D eigenvalue weighted by molar-refractivity contribution is -0.296. The van der Waals surface area contributed by atoms with Gasteiger partial charge in [-0.25, -0.2) is 14.4 Å². The van der Waals surface area contributed by atoms with Gasteiger partial charge in [-0.3, -0.25) is 4.79 Å². The topological polar surface area (TPSA) is 265 Å². The Morgan fingerprint density at radius 2 is 1.71 bits per heavy atom. The van der Waals surface area contributed by atoms with E-state index in [0.29, 0.717) is 5.57 Å². The van der Waals surface area contributed by atoms with Crippen LogP contribution in [-0.2, 0) is 47.6 Å². The summed E-state index contributed by atoms with van der Waals surface area (Å²) in [6.07, 6.45) is -14.3. The standard InChI is InChI=1S/C34H46O17/c1-12(31(3,4)45)7-18(37)50-24-26-33-11-47-34(26,30(44)46-6)27(42)22(41)25(33)32(5)9-15(36)23(13(2)14(32)8-17(33)49-28(24)43)51-29-21(40)20(39)19(38)16(10-35)48-29/h7,14,16-17,19-22,24-27,29,35,38-42,45H,8-11H2,1-6H3/b12-7-/t14-,16+,17+,19+,20-,21+,22+,24+,25+,26+,27-,29-,32-,33+,34+/m0/s1. The number of allylic oxidation sites excluding steroid dienone is 2. The number of ether oxygens (including phenoxy) is 6. The van der Waals surface area contributed by atoms with Crippen molar-refractivity contribution >= 4 is 23.7 Å². The number of ketones is 1. The van der Waals surface area contributed by atoms with E-state index in [0.717, 1.165) is 13.2 Å². The van der Waals surface area contributed by atoms with Gasteiger partial charge in [0, 0.05) is 23.8 Å². The predicted molar refractivity (Wildman–Crippen MR) is 165 cm³/mol. The number of carbonyl (C=O) groups excluding carboxylic acids is 4. The highest BCUT2D eigenvalue weighted by Crippen LogP contribution is 2.73. The molecule has 17 heteroatoms. The molecule has 6 aliphatic rings. The maximum absolute atomic E-state index is 14.0. The monoisotopic (exact) mass is 726 g/mol. The number of aliphatic hydroxyl groups excluding tert-OH is 6. The van der Waals surface area contributed by atoms with Crippen LogP contribution in [0, 0.1) is 28.6 Å². The largest absolute Gasteiger partial charge is 0.467 e. The van der Waals surface area contributed by atoms with Crippen molar-refractivity contribution in [3.63, 3.8) is 0 Å². The van der Waals surface area contributed by atoms with Gasteiger partial charge in [-0.15, -0.1) is 0 Å². The fourth-order valence-electron chi connectivity index (χ4n) is 9.80. The van der Waals surface area contributed by atoms with Gasteiger partial charge in [-0.2, -0.15) is 0 Å². The van der Waals surface area contributed by atoms with E-state index in [1.807, 2.05) is 0 Å². The number of esters is 3. The first-order valence-corrected chi connectivity index (χ1v) is 16.8. The molecule has 7 N–H and O–H groups in total. The fraction of sp³-hybridized carbons (Fsp3) is 0.765. The van der Waals surface area contributed by atoms with Gasteiger partial charge < -0.3 is 64.2 Å². The summed E-state index contributed by atoms with van der Waals surface area (Å²) < 4.78 is 34.2. The first kappa shape index (κ1) is 37.7. The number of fused-ring (bicyclic) bond motifs is 2. The molecule has 2 bridgehead atoms. The number of Topliss-reactive ketones (excluding diaryl/α,β-unsaturated/α-hetero) is 1. The Morgan fingerprint density at radius 1 is 1.04 bits per heavy atom. The fourth-order valence-corrected chi connectivity index (χ4v) is 9.80.